The van der Waals surface area contributed by atoms with Crippen molar-refractivity contribution in [1.82, 2.24) is 9.47 Å². The van der Waals surface area contributed by atoms with E-state index in [4.69, 9.17) is 4.74 Å². The van der Waals surface area contributed by atoms with Crippen LogP contribution in [-0.2, 0) is 20.9 Å². The predicted molar refractivity (Wildman–Crippen MR) is 113 cm³/mol. The minimum Gasteiger partial charge on any atom is -0.454 e. The smallest absolute Gasteiger partial charge is 0.326 e. The first-order valence-corrected chi connectivity index (χ1v) is 10.0. The Hall–Kier alpha value is -3.35. The highest BCUT2D eigenvalue weighted by atomic mass is 19.1. The molecule has 3 aromatic rings. The van der Waals surface area contributed by atoms with Crippen molar-refractivity contribution in [2.75, 3.05) is 37.7 Å². The molecular formula is C23H24FN3O3. The van der Waals surface area contributed by atoms with Crippen LogP contribution in [0, 0.1) is 12.7 Å². The van der Waals surface area contributed by atoms with Crippen LogP contribution in [0.5, 0.6) is 0 Å². The normalized spacial score (nSPS) is 14.2. The van der Waals surface area contributed by atoms with Crippen molar-refractivity contribution in [2.45, 2.75) is 13.5 Å². The van der Waals surface area contributed by atoms with Crippen LogP contribution in [-0.4, -0.2) is 54.1 Å². The van der Waals surface area contributed by atoms with E-state index in [-0.39, 0.29) is 24.9 Å². The third-order valence-corrected chi connectivity index (χ3v) is 5.49. The van der Waals surface area contributed by atoms with Gasteiger partial charge in [0, 0.05) is 37.4 Å². The fraction of sp³-hybridized carbons (Fsp3) is 0.304. The monoisotopic (exact) mass is 409 g/mol. The van der Waals surface area contributed by atoms with Gasteiger partial charge in [0.15, 0.2) is 6.61 Å². The summed E-state index contributed by atoms with van der Waals surface area (Å²) in [6.07, 6.45) is 0. The van der Waals surface area contributed by atoms with Gasteiger partial charge in [-0.1, -0.05) is 30.3 Å². The van der Waals surface area contributed by atoms with Crippen LogP contribution in [0.15, 0.2) is 54.6 Å². The summed E-state index contributed by atoms with van der Waals surface area (Å²) >= 11 is 0. The van der Waals surface area contributed by atoms with Crippen molar-refractivity contribution in [3.8, 4) is 0 Å². The molecule has 0 atom stereocenters. The Kier molecular flexibility index (Phi) is 5.70. The number of hydrogen-bond donors (Lipinski definition) is 0. The number of piperazine rings is 1. The molecule has 156 valence electrons. The minimum absolute atomic E-state index is 0.0632. The molecule has 0 radical (unpaired) electrons. The molecule has 2 heterocycles. The molecule has 6 nitrogen and oxygen atoms in total. The first kappa shape index (κ1) is 19.9. The Morgan fingerprint density at radius 3 is 2.47 bits per heavy atom. The number of anilines is 1. The number of fused-ring (bicyclic) bond motifs is 1. The van der Waals surface area contributed by atoms with Crippen LogP contribution < -0.4 is 4.90 Å². The quantitative estimate of drug-likeness (QED) is 0.608. The van der Waals surface area contributed by atoms with E-state index in [2.05, 4.69) is 0 Å². The maximum atomic E-state index is 13.9. The first-order valence-electron chi connectivity index (χ1n) is 10.0. The van der Waals surface area contributed by atoms with E-state index in [0.717, 1.165) is 16.6 Å². The van der Waals surface area contributed by atoms with Crippen molar-refractivity contribution in [3.63, 3.8) is 0 Å². The molecule has 0 unspecified atom stereocenters. The van der Waals surface area contributed by atoms with Gasteiger partial charge in [-0.05, 0) is 36.6 Å². The number of aromatic nitrogens is 1. The van der Waals surface area contributed by atoms with Gasteiger partial charge in [-0.2, -0.15) is 0 Å². The molecule has 0 spiro atoms. The average Bonchev–Trinajstić information content (AvgIpc) is 3.07. The number of carbonyl (C=O) groups is 2. The lowest BCUT2D eigenvalue weighted by molar-refractivity contribution is -0.152. The molecule has 1 aliphatic heterocycles. The molecule has 1 aliphatic rings. The fourth-order valence-electron chi connectivity index (χ4n) is 3.87. The van der Waals surface area contributed by atoms with Gasteiger partial charge in [-0.3, -0.25) is 9.59 Å². The van der Waals surface area contributed by atoms with E-state index < -0.39 is 5.97 Å². The molecule has 0 bridgehead atoms. The molecule has 2 aromatic carbocycles. The van der Waals surface area contributed by atoms with Crippen molar-refractivity contribution in [1.29, 1.82) is 0 Å². The molecule has 0 aliphatic carbocycles. The maximum Gasteiger partial charge on any atom is 0.326 e. The van der Waals surface area contributed by atoms with Gasteiger partial charge in [0.05, 0.1) is 5.69 Å². The highest BCUT2D eigenvalue weighted by Gasteiger charge is 2.23. The van der Waals surface area contributed by atoms with E-state index in [9.17, 15) is 14.0 Å². The summed E-state index contributed by atoms with van der Waals surface area (Å²) < 4.78 is 21.1. The third kappa shape index (κ3) is 4.15. The second-order valence-electron chi connectivity index (χ2n) is 7.41. The number of nitrogens with zero attached hydrogens (tertiary/aromatic N) is 3. The highest BCUT2D eigenvalue weighted by Crippen LogP contribution is 2.21. The molecule has 7 heteroatoms. The number of para-hydroxylation sites is 2. The lowest BCUT2D eigenvalue weighted by atomic mass is 10.2. The molecule has 1 saturated heterocycles. The zero-order chi connectivity index (χ0) is 21.1. The number of amides is 1. The van der Waals surface area contributed by atoms with Crippen LogP contribution in [0.3, 0.4) is 0 Å². The Labute approximate surface area is 174 Å². The first-order chi connectivity index (χ1) is 14.5. The summed E-state index contributed by atoms with van der Waals surface area (Å²) in [6.45, 7) is 3.72. The van der Waals surface area contributed by atoms with Gasteiger partial charge in [-0.25, -0.2) is 4.39 Å². The number of benzene rings is 2. The number of carbonyl (C=O) groups excluding carboxylic acids is 2. The number of halogens is 1. The average molecular weight is 409 g/mol. The van der Waals surface area contributed by atoms with E-state index in [0.29, 0.717) is 31.9 Å². The van der Waals surface area contributed by atoms with Crippen molar-refractivity contribution >= 4 is 28.5 Å². The van der Waals surface area contributed by atoms with Crippen LogP contribution in [0.25, 0.3) is 10.9 Å². The fourth-order valence-corrected chi connectivity index (χ4v) is 3.87. The maximum absolute atomic E-state index is 13.9. The zero-order valence-electron chi connectivity index (χ0n) is 16.9. The molecular weight excluding hydrogens is 385 g/mol. The van der Waals surface area contributed by atoms with E-state index in [1.54, 1.807) is 23.1 Å². The Morgan fingerprint density at radius 2 is 1.70 bits per heavy atom. The van der Waals surface area contributed by atoms with Gasteiger partial charge >= 0.3 is 5.97 Å². The van der Waals surface area contributed by atoms with Crippen LogP contribution in [0.4, 0.5) is 10.1 Å². The predicted octanol–water partition coefficient (Wildman–Crippen LogP) is 2.98. The van der Waals surface area contributed by atoms with Crippen molar-refractivity contribution in [3.05, 3.63) is 66.1 Å². The van der Waals surface area contributed by atoms with Gasteiger partial charge in [0.1, 0.15) is 12.4 Å². The molecule has 4 rings (SSSR count). The van der Waals surface area contributed by atoms with E-state index in [1.165, 1.54) is 6.07 Å². The topological polar surface area (TPSA) is 54.8 Å². The summed E-state index contributed by atoms with van der Waals surface area (Å²) in [7, 11) is 0. The largest absolute Gasteiger partial charge is 0.454 e. The molecule has 0 N–H and O–H groups in total. The number of ether oxygens (including phenoxy) is 1. The SMILES string of the molecule is Cc1cc2ccccc2n1CC(=O)OCC(=O)N1CCN(c2ccccc2F)CC1. The number of esters is 1. The molecule has 1 aromatic heterocycles. The van der Waals surface area contributed by atoms with Crippen molar-refractivity contribution in [2.24, 2.45) is 0 Å². The molecule has 1 amide bonds. The Bertz CT molecular complexity index is 1070. The van der Waals surface area contributed by atoms with E-state index >= 15 is 0 Å². The van der Waals surface area contributed by atoms with Crippen LogP contribution in [0.1, 0.15) is 5.69 Å². The van der Waals surface area contributed by atoms with E-state index in [1.807, 2.05) is 46.7 Å². The van der Waals surface area contributed by atoms with Gasteiger partial charge in [0.2, 0.25) is 0 Å². The van der Waals surface area contributed by atoms with Crippen LogP contribution >= 0.6 is 0 Å². The van der Waals surface area contributed by atoms with Crippen molar-refractivity contribution < 1.29 is 18.7 Å². The summed E-state index contributed by atoms with van der Waals surface area (Å²) in [6, 6.07) is 16.5. The van der Waals surface area contributed by atoms with Gasteiger partial charge in [-0.15, -0.1) is 0 Å². The minimum atomic E-state index is -0.446. The molecule has 1 fully saturated rings. The summed E-state index contributed by atoms with van der Waals surface area (Å²) in [5.74, 6) is -0.942. The summed E-state index contributed by atoms with van der Waals surface area (Å²) in [4.78, 5) is 28.3. The van der Waals surface area contributed by atoms with Gasteiger partial charge < -0.3 is 19.1 Å². The van der Waals surface area contributed by atoms with Crippen LogP contribution in [0.2, 0.25) is 0 Å². The molecule has 30 heavy (non-hydrogen) atoms. The number of aryl methyl sites for hydroxylation is 1. The standard InChI is InChI=1S/C23H24FN3O3/c1-17-14-18-6-2-4-8-20(18)27(17)15-23(29)30-16-22(28)26-12-10-25(11-13-26)21-9-5-3-7-19(21)24/h2-9,14H,10-13,15-16H2,1H3. The lowest BCUT2D eigenvalue weighted by Crippen LogP contribution is -2.50. The summed E-state index contributed by atoms with van der Waals surface area (Å²) in [5, 5.41) is 1.06. The number of rotatable bonds is 5. The third-order valence-electron chi connectivity index (χ3n) is 5.49. The Morgan fingerprint density at radius 1 is 1.00 bits per heavy atom. The second kappa shape index (κ2) is 8.57. The second-order valence-corrected chi connectivity index (χ2v) is 7.41. The van der Waals surface area contributed by atoms with Gasteiger partial charge in [0.25, 0.3) is 5.91 Å². The summed E-state index contributed by atoms with van der Waals surface area (Å²) in [5.41, 5.74) is 2.47. The zero-order valence-corrected chi connectivity index (χ0v) is 16.9. The lowest BCUT2D eigenvalue weighted by Gasteiger charge is -2.36. The number of hydrogen-bond acceptors (Lipinski definition) is 4. The molecule has 0 saturated carbocycles. The Balaban J connectivity index is 1.28. The highest BCUT2D eigenvalue weighted by molar-refractivity contribution is 5.84.